The first-order valence-corrected chi connectivity index (χ1v) is 5.85. The summed E-state index contributed by atoms with van der Waals surface area (Å²) in [5.74, 6) is 0. The van der Waals surface area contributed by atoms with Crippen molar-refractivity contribution in [1.29, 1.82) is 0 Å². The van der Waals surface area contributed by atoms with Crippen molar-refractivity contribution in [3.63, 3.8) is 0 Å². The summed E-state index contributed by atoms with van der Waals surface area (Å²) in [6.07, 6.45) is 4.58. The number of aliphatic hydroxyl groups is 1. The summed E-state index contributed by atoms with van der Waals surface area (Å²) in [6.45, 7) is 3.53. The van der Waals surface area contributed by atoms with E-state index in [4.69, 9.17) is 9.84 Å². The maximum absolute atomic E-state index is 9.15. The number of aliphatic hydroxyl groups excluding tert-OH is 1. The van der Waals surface area contributed by atoms with Crippen molar-refractivity contribution < 1.29 is 9.84 Å². The molecule has 0 aliphatic carbocycles. The lowest BCUT2D eigenvalue weighted by molar-refractivity contribution is 0.153. The van der Waals surface area contributed by atoms with Gasteiger partial charge in [0.2, 0.25) is 0 Å². The smallest absolute Gasteiger partial charge is 0.0726 e. The van der Waals surface area contributed by atoms with Crippen LogP contribution in [0.15, 0.2) is 18.5 Å². The highest BCUT2D eigenvalue weighted by Gasteiger charge is 2.06. The predicted octanol–water partition coefficient (Wildman–Crippen LogP) is 1.32. The van der Waals surface area contributed by atoms with Crippen molar-refractivity contribution >= 4 is 11.4 Å². The van der Waals surface area contributed by atoms with E-state index in [1.165, 1.54) is 0 Å². The summed E-state index contributed by atoms with van der Waals surface area (Å²) < 4.78 is 5.00. The maximum Gasteiger partial charge on any atom is 0.0726 e. The highest BCUT2D eigenvalue weighted by atomic mass is 16.5. The van der Waals surface area contributed by atoms with Gasteiger partial charge in [-0.05, 0) is 12.5 Å². The third kappa shape index (κ3) is 5.01. The van der Waals surface area contributed by atoms with E-state index < -0.39 is 0 Å². The highest BCUT2D eigenvalue weighted by Crippen LogP contribution is 2.13. The van der Waals surface area contributed by atoms with Gasteiger partial charge in [0.1, 0.15) is 0 Å². The molecule has 0 fully saturated rings. The third-order valence-electron chi connectivity index (χ3n) is 2.28. The molecule has 0 saturated heterocycles. The zero-order valence-electron chi connectivity index (χ0n) is 10.4. The summed E-state index contributed by atoms with van der Waals surface area (Å²) in [5, 5.41) is 15.6. The Morgan fingerprint density at radius 1 is 1.41 bits per heavy atom. The summed E-state index contributed by atoms with van der Waals surface area (Å²) in [4.78, 5) is 4.14. The maximum atomic E-state index is 9.15. The Morgan fingerprint density at radius 3 is 2.82 bits per heavy atom. The largest absolute Gasteiger partial charge is 0.394 e. The minimum absolute atomic E-state index is 0.0282. The molecule has 0 saturated carbocycles. The first kappa shape index (κ1) is 13.7. The van der Waals surface area contributed by atoms with E-state index in [0.29, 0.717) is 6.61 Å². The molecule has 17 heavy (non-hydrogen) atoms. The van der Waals surface area contributed by atoms with Gasteiger partial charge in [-0.25, -0.2) is 0 Å². The topological polar surface area (TPSA) is 66.4 Å². The molecule has 3 N–H and O–H groups in total. The minimum atomic E-state index is -0.108. The van der Waals surface area contributed by atoms with E-state index in [1.807, 2.05) is 6.07 Å². The van der Waals surface area contributed by atoms with Crippen LogP contribution in [-0.4, -0.2) is 43.0 Å². The fourth-order valence-corrected chi connectivity index (χ4v) is 1.46. The highest BCUT2D eigenvalue weighted by molar-refractivity contribution is 5.54. The van der Waals surface area contributed by atoms with Crippen LogP contribution in [-0.2, 0) is 4.74 Å². The van der Waals surface area contributed by atoms with Crippen LogP contribution in [0.3, 0.4) is 0 Å². The van der Waals surface area contributed by atoms with E-state index in [-0.39, 0.29) is 12.6 Å². The van der Waals surface area contributed by atoms with E-state index in [2.05, 4.69) is 22.5 Å². The first-order valence-electron chi connectivity index (χ1n) is 5.85. The Hall–Kier alpha value is -1.33. The van der Waals surface area contributed by atoms with Gasteiger partial charge in [-0.3, -0.25) is 4.98 Å². The molecule has 1 atom stereocenters. The molecule has 5 nitrogen and oxygen atoms in total. The third-order valence-corrected chi connectivity index (χ3v) is 2.28. The molecule has 1 aromatic rings. The van der Waals surface area contributed by atoms with Crippen molar-refractivity contribution in [3.8, 4) is 0 Å². The van der Waals surface area contributed by atoms with Crippen molar-refractivity contribution in [2.75, 3.05) is 37.5 Å². The van der Waals surface area contributed by atoms with E-state index in [1.54, 1.807) is 19.5 Å². The molecule has 0 radical (unpaired) electrons. The molecule has 0 aromatic carbocycles. The molecule has 0 amide bonds. The lowest BCUT2D eigenvalue weighted by Gasteiger charge is -2.17. The molecule has 0 bridgehead atoms. The van der Waals surface area contributed by atoms with E-state index in [0.717, 1.165) is 24.3 Å². The van der Waals surface area contributed by atoms with Gasteiger partial charge in [0, 0.05) is 13.7 Å². The van der Waals surface area contributed by atoms with Crippen LogP contribution < -0.4 is 10.6 Å². The molecule has 1 unspecified atom stereocenters. The number of nitrogens with zero attached hydrogens (tertiary/aromatic N) is 1. The first-order chi connectivity index (χ1) is 8.30. The van der Waals surface area contributed by atoms with Gasteiger partial charge in [-0.2, -0.15) is 0 Å². The van der Waals surface area contributed by atoms with Gasteiger partial charge < -0.3 is 20.5 Å². The summed E-state index contributed by atoms with van der Waals surface area (Å²) in [5.41, 5.74) is 1.85. The van der Waals surface area contributed by atoms with Crippen molar-refractivity contribution in [1.82, 2.24) is 4.98 Å². The summed E-state index contributed by atoms with van der Waals surface area (Å²) in [7, 11) is 1.61. The van der Waals surface area contributed by atoms with Gasteiger partial charge in [-0.15, -0.1) is 0 Å². The van der Waals surface area contributed by atoms with Gasteiger partial charge in [0.05, 0.1) is 43.0 Å². The van der Waals surface area contributed by atoms with Crippen molar-refractivity contribution in [2.24, 2.45) is 0 Å². The second kappa shape index (κ2) is 7.86. The number of nitrogens with one attached hydrogen (secondary N) is 2. The van der Waals surface area contributed by atoms with Crippen molar-refractivity contribution in [3.05, 3.63) is 18.5 Å². The lowest BCUT2D eigenvalue weighted by Crippen LogP contribution is -2.28. The van der Waals surface area contributed by atoms with E-state index >= 15 is 0 Å². The molecule has 1 rings (SSSR count). The molecule has 0 spiro atoms. The minimum Gasteiger partial charge on any atom is -0.394 e. The number of methoxy groups -OCH3 is 1. The number of pyridine rings is 1. The monoisotopic (exact) mass is 239 g/mol. The number of aromatic nitrogens is 1. The Kier molecular flexibility index (Phi) is 6.35. The average molecular weight is 239 g/mol. The Morgan fingerprint density at radius 2 is 2.18 bits per heavy atom. The van der Waals surface area contributed by atoms with Gasteiger partial charge >= 0.3 is 0 Å². The van der Waals surface area contributed by atoms with Crippen LogP contribution in [0.1, 0.15) is 13.3 Å². The van der Waals surface area contributed by atoms with Gasteiger partial charge in [-0.1, -0.05) is 6.92 Å². The second-order valence-corrected chi connectivity index (χ2v) is 3.87. The second-order valence-electron chi connectivity index (χ2n) is 3.87. The average Bonchev–Trinajstić information content (AvgIpc) is 2.36. The molecule has 96 valence electrons. The van der Waals surface area contributed by atoms with Crippen LogP contribution in [0.5, 0.6) is 0 Å². The number of ether oxygens (including phenoxy) is 1. The number of anilines is 2. The fourth-order valence-electron chi connectivity index (χ4n) is 1.46. The van der Waals surface area contributed by atoms with Crippen LogP contribution >= 0.6 is 0 Å². The normalized spacial score (nSPS) is 12.2. The fraction of sp³-hybridized carbons (Fsp3) is 0.583. The molecule has 0 aliphatic heterocycles. The number of hydrogen-bond acceptors (Lipinski definition) is 5. The van der Waals surface area contributed by atoms with Crippen LogP contribution in [0, 0.1) is 0 Å². The Bertz CT molecular complexity index is 320. The number of hydrogen-bond donors (Lipinski definition) is 3. The van der Waals surface area contributed by atoms with Gasteiger partial charge in [0.15, 0.2) is 0 Å². The zero-order chi connectivity index (χ0) is 12.5. The standard InChI is InChI=1S/C12H21N3O2/c1-3-4-14-10-5-11(7-13-6-10)15-12(8-16)9-17-2/h5-7,12,14-16H,3-4,8-9H2,1-2H3. The van der Waals surface area contributed by atoms with Crippen LogP contribution in [0.25, 0.3) is 0 Å². The molecule has 5 heteroatoms. The van der Waals surface area contributed by atoms with Crippen molar-refractivity contribution in [2.45, 2.75) is 19.4 Å². The Labute approximate surface area is 102 Å². The Balaban J connectivity index is 2.57. The molecular weight excluding hydrogens is 218 g/mol. The molecule has 1 aromatic heterocycles. The SMILES string of the molecule is CCCNc1cncc(NC(CO)COC)c1. The lowest BCUT2D eigenvalue weighted by atomic mass is 10.3. The number of rotatable bonds is 8. The molecular formula is C12H21N3O2. The quantitative estimate of drug-likeness (QED) is 0.638. The molecule has 0 aliphatic rings. The predicted molar refractivity (Wildman–Crippen MR) is 69.4 cm³/mol. The molecule has 1 heterocycles. The zero-order valence-corrected chi connectivity index (χ0v) is 10.4. The summed E-state index contributed by atoms with van der Waals surface area (Å²) in [6, 6.07) is 1.87. The van der Waals surface area contributed by atoms with Crippen LogP contribution in [0.4, 0.5) is 11.4 Å². The van der Waals surface area contributed by atoms with Crippen LogP contribution in [0.2, 0.25) is 0 Å². The van der Waals surface area contributed by atoms with Gasteiger partial charge in [0.25, 0.3) is 0 Å². The van der Waals surface area contributed by atoms with E-state index in [9.17, 15) is 0 Å². The summed E-state index contributed by atoms with van der Waals surface area (Å²) >= 11 is 0.